The summed E-state index contributed by atoms with van der Waals surface area (Å²) in [6, 6.07) is 8.80. The molecule has 0 spiro atoms. The number of halogens is 1. The molecule has 98 valence electrons. The third-order valence-electron chi connectivity index (χ3n) is 2.71. The molecule has 0 aromatic heterocycles. The molecule has 3 heteroatoms. The van der Waals surface area contributed by atoms with Crippen LogP contribution in [0, 0.1) is 0 Å². The number of hydrogen-bond donors (Lipinski definition) is 1. The van der Waals surface area contributed by atoms with Crippen LogP contribution in [0.5, 0.6) is 0 Å². The maximum Gasteiger partial charge on any atom is 0.0407 e. The molecular formula is C14H25ClN2. The quantitative estimate of drug-likeness (QED) is 0.825. The predicted molar refractivity (Wildman–Crippen MR) is 79.0 cm³/mol. The van der Waals surface area contributed by atoms with Crippen molar-refractivity contribution in [1.82, 2.24) is 0 Å². The molecule has 1 heterocycles. The van der Waals surface area contributed by atoms with Crippen molar-refractivity contribution in [3.8, 4) is 0 Å². The average molecular weight is 257 g/mol. The minimum atomic E-state index is 0.682. The second kappa shape index (κ2) is 9.32. The molecule has 1 saturated heterocycles. The summed E-state index contributed by atoms with van der Waals surface area (Å²) in [6.45, 7) is 7.46. The molecule has 17 heavy (non-hydrogen) atoms. The van der Waals surface area contributed by atoms with Crippen molar-refractivity contribution >= 4 is 17.3 Å². The van der Waals surface area contributed by atoms with Gasteiger partial charge in [-0.15, -0.1) is 0 Å². The Morgan fingerprint density at radius 3 is 2.12 bits per heavy atom. The number of hydrogen-bond acceptors (Lipinski definition) is 2. The van der Waals surface area contributed by atoms with Crippen molar-refractivity contribution in [3.63, 3.8) is 0 Å². The van der Waals surface area contributed by atoms with Gasteiger partial charge in [0, 0.05) is 23.3 Å². The van der Waals surface area contributed by atoms with Crippen LogP contribution < -0.4 is 10.6 Å². The van der Waals surface area contributed by atoms with Crippen molar-refractivity contribution in [2.45, 2.75) is 39.7 Å². The smallest absolute Gasteiger partial charge is 0.0407 e. The summed E-state index contributed by atoms with van der Waals surface area (Å²) in [5.74, 6) is 0. The Labute approximate surface area is 111 Å². The summed E-state index contributed by atoms with van der Waals surface area (Å²) in [7, 11) is 1.50. The van der Waals surface area contributed by atoms with Gasteiger partial charge in [0.15, 0.2) is 0 Å². The SMILES string of the molecule is CC.CC1CCCN1c1ccc(Cl)cc1.CN. The largest absolute Gasteiger partial charge is 0.369 e. The summed E-state index contributed by atoms with van der Waals surface area (Å²) in [5.41, 5.74) is 5.80. The van der Waals surface area contributed by atoms with Gasteiger partial charge in [0.1, 0.15) is 0 Å². The van der Waals surface area contributed by atoms with E-state index in [-0.39, 0.29) is 0 Å². The molecule has 1 fully saturated rings. The van der Waals surface area contributed by atoms with Crippen molar-refractivity contribution in [2.24, 2.45) is 5.73 Å². The van der Waals surface area contributed by atoms with Crippen molar-refractivity contribution in [3.05, 3.63) is 29.3 Å². The van der Waals surface area contributed by atoms with Crippen molar-refractivity contribution in [2.75, 3.05) is 18.5 Å². The number of anilines is 1. The fourth-order valence-corrected chi connectivity index (χ4v) is 2.08. The number of rotatable bonds is 1. The van der Waals surface area contributed by atoms with Crippen LogP contribution >= 0.6 is 11.6 Å². The molecule has 0 radical (unpaired) electrons. The van der Waals surface area contributed by atoms with E-state index in [9.17, 15) is 0 Å². The fourth-order valence-electron chi connectivity index (χ4n) is 1.95. The van der Waals surface area contributed by atoms with Crippen LogP contribution in [0.1, 0.15) is 33.6 Å². The third-order valence-corrected chi connectivity index (χ3v) is 2.96. The molecule has 1 unspecified atom stereocenters. The first kappa shape index (κ1) is 16.3. The molecule has 1 aliphatic rings. The lowest BCUT2D eigenvalue weighted by Gasteiger charge is -2.23. The standard InChI is InChI=1S/C11H14ClN.C2H6.CH5N/c1-9-3-2-8-13(9)11-6-4-10(12)5-7-11;2*1-2/h4-7,9H,2-3,8H2,1H3;1-2H3;2H2,1H3. The molecule has 2 nitrogen and oxygen atoms in total. The van der Waals surface area contributed by atoms with E-state index in [1.807, 2.05) is 26.0 Å². The monoisotopic (exact) mass is 256 g/mol. The normalized spacial score (nSPS) is 17.8. The maximum atomic E-state index is 5.84. The predicted octanol–water partition coefficient (Wildman–Crippen LogP) is 3.93. The highest BCUT2D eigenvalue weighted by Gasteiger charge is 2.19. The molecular weight excluding hydrogens is 232 g/mol. The highest BCUT2D eigenvalue weighted by molar-refractivity contribution is 6.30. The van der Waals surface area contributed by atoms with Gasteiger partial charge in [0.25, 0.3) is 0 Å². The Bertz CT molecular complexity index is 285. The van der Waals surface area contributed by atoms with Crippen LogP contribution in [-0.2, 0) is 0 Å². The Balaban J connectivity index is 0.000000581. The molecule has 1 aromatic carbocycles. The summed E-state index contributed by atoms with van der Waals surface area (Å²) < 4.78 is 0. The van der Waals surface area contributed by atoms with Gasteiger partial charge in [0.2, 0.25) is 0 Å². The summed E-state index contributed by atoms with van der Waals surface area (Å²) in [5, 5.41) is 0.815. The topological polar surface area (TPSA) is 29.3 Å². The average Bonchev–Trinajstić information content (AvgIpc) is 2.82. The molecule has 1 aliphatic heterocycles. The lowest BCUT2D eigenvalue weighted by atomic mass is 10.2. The first-order valence-corrected chi connectivity index (χ1v) is 6.75. The maximum absolute atomic E-state index is 5.84. The molecule has 1 aromatic rings. The van der Waals surface area contributed by atoms with E-state index in [0.717, 1.165) is 5.02 Å². The van der Waals surface area contributed by atoms with Crippen LogP contribution in [0.25, 0.3) is 0 Å². The molecule has 0 saturated carbocycles. The second-order valence-electron chi connectivity index (χ2n) is 3.66. The van der Waals surface area contributed by atoms with E-state index in [1.54, 1.807) is 0 Å². The lowest BCUT2D eigenvalue weighted by Crippen LogP contribution is -2.25. The van der Waals surface area contributed by atoms with Crippen LogP contribution in [0.2, 0.25) is 5.02 Å². The van der Waals surface area contributed by atoms with Crippen LogP contribution in [-0.4, -0.2) is 19.6 Å². The molecule has 0 bridgehead atoms. The van der Waals surface area contributed by atoms with E-state index in [4.69, 9.17) is 11.6 Å². The lowest BCUT2D eigenvalue weighted by molar-refractivity contribution is 0.735. The first-order valence-electron chi connectivity index (χ1n) is 6.37. The van der Waals surface area contributed by atoms with E-state index in [1.165, 1.54) is 32.1 Å². The number of benzene rings is 1. The summed E-state index contributed by atoms with van der Waals surface area (Å²) in [4.78, 5) is 2.44. The third kappa shape index (κ3) is 4.97. The fraction of sp³-hybridized carbons (Fsp3) is 0.571. The number of nitrogens with zero attached hydrogens (tertiary/aromatic N) is 1. The molecule has 2 rings (SSSR count). The van der Waals surface area contributed by atoms with Crippen LogP contribution in [0.3, 0.4) is 0 Å². The minimum absolute atomic E-state index is 0.682. The van der Waals surface area contributed by atoms with Crippen molar-refractivity contribution < 1.29 is 0 Å². The summed E-state index contributed by atoms with van der Waals surface area (Å²) >= 11 is 5.84. The highest BCUT2D eigenvalue weighted by Crippen LogP contribution is 2.26. The van der Waals surface area contributed by atoms with Gasteiger partial charge in [-0.25, -0.2) is 0 Å². The highest BCUT2D eigenvalue weighted by atomic mass is 35.5. The first-order chi connectivity index (χ1) is 8.27. The van der Waals surface area contributed by atoms with Gasteiger partial charge in [0.05, 0.1) is 0 Å². The van der Waals surface area contributed by atoms with Gasteiger partial charge in [-0.3, -0.25) is 0 Å². The van der Waals surface area contributed by atoms with Crippen molar-refractivity contribution in [1.29, 1.82) is 0 Å². The Morgan fingerprint density at radius 1 is 1.18 bits per heavy atom. The van der Waals surface area contributed by atoms with Crippen LogP contribution in [0.4, 0.5) is 5.69 Å². The van der Waals surface area contributed by atoms with Gasteiger partial charge >= 0.3 is 0 Å². The van der Waals surface area contributed by atoms with E-state index >= 15 is 0 Å². The Hall–Kier alpha value is -0.730. The zero-order chi connectivity index (χ0) is 13.3. The minimum Gasteiger partial charge on any atom is -0.369 e. The number of nitrogens with two attached hydrogens (primary N) is 1. The Morgan fingerprint density at radius 2 is 1.71 bits per heavy atom. The molecule has 1 atom stereocenters. The zero-order valence-electron chi connectivity index (χ0n) is 11.4. The second-order valence-corrected chi connectivity index (χ2v) is 4.10. The van der Waals surface area contributed by atoms with Crippen LogP contribution in [0.15, 0.2) is 24.3 Å². The molecule has 0 amide bonds. The van der Waals surface area contributed by atoms with Gasteiger partial charge in [-0.05, 0) is 51.1 Å². The van der Waals surface area contributed by atoms with Gasteiger partial charge in [-0.2, -0.15) is 0 Å². The Kier molecular flexibility index (Phi) is 8.92. The van der Waals surface area contributed by atoms with Gasteiger partial charge in [-0.1, -0.05) is 25.4 Å². The van der Waals surface area contributed by atoms with E-state index in [2.05, 4.69) is 29.7 Å². The van der Waals surface area contributed by atoms with Gasteiger partial charge < -0.3 is 10.6 Å². The molecule has 2 N–H and O–H groups in total. The summed E-state index contributed by atoms with van der Waals surface area (Å²) in [6.07, 6.45) is 2.62. The van der Waals surface area contributed by atoms with E-state index < -0.39 is 0 Å². The molecule has 0 aliphatic carbocycles. The van der Waals surface area contributed by atoms with E-state index in [0.29, 0.717) is 6.04 Å². The zero-order valence-corrected chi connectivity index (χ0v) is 12.2.